The van der Waals surface area contributed by atoms with Crippen LogP contribution in [0.25, 0.3) is 10.9 Å². The van der Waals surface area contributed by atoms with Gasteiger partial charge < -0.3 is 9.80 Å². The first kappa shape index (κ1) is 17.3. The standard InChI is InChI=1S/C19H22N6O2/c1-24(2)19-20-14-8-10-25(9-7-13(14)18(27)21-19)17(26)11-16-12-5-3-4-6-15(12)22-23-16/h3-6H,7-11H2,1-2H3,(H,22,23)(H,20,21,27). The molecular formula is C19H22N6O2. The van der Waals surface area contributed by atoms with Gasteiger partial charge in [0.1, 0.15) is 0 Å². The maximum atomic E-state index is 12.8. The summed E-state index contributed by atoms with van der Waals surface area (Å²) in [5.41, 5.74) is 3.03. The molecule has 0 unspecified atom stereocenters. The summed E-state index contributed by atoms with van der Waals surface area (Å²) in [6.45, 7) is 1.07. The number of fused-ring (bicyclic) bond motifs is 2. The molecule has 0 atom stereocenters. The van der Waals surface area contributed by atoms with Gasteiger partial charge in [0.05, 0.1) is 23.3 Å². The van der Waals surface area contributed by atoms with E-state index in [0.29, 0.717) is 37.4 Å². The number of carbonyl (C=O) groups excluding carboxylic acids is 1. The van der Waals surface area contributed by atoms with Crippen molar-refractivity contribution in [1.82, 2.24) is 25.1 Å². The van der Waals surface area contributed by atoms with E-state index in [0.717, 1.165) is 22.3 Å². The monoisotopic (exact) mass is 366 g/mol. The first-order valence-electron chi connectivity index (χ1n) is 9.02. The van der Waals surface area contributed by atoms with Crippen molar-refractivity contribution < 1.29 is 4.79 Å². The Labute approximate surface area is 156 Å². The second kappa shape index (κ2) is 6.86. The van der Waals surface area contributed by atoms with Gasteiger partial charge in [-0.05, 0) is 12.5 Å². The molecule has 2 N–H and O–H groups in total. The van der Waals surface area contributed by atoms with Crippen molar-refractivity contribution in [3.05, 3.63) is 51.6 Å². The molecule has 0 saturated carbocycles. The Kier molecular flexibility index (Phi) is 4.39. The number of aromatic nitrogens is 4. The fourth-order valence-corrected chi connectivity index (χ4v) is 3.47. The number of amides is 1. The maximum Gasteiger partial charge on any atom is 0.255 e. The number of benzene rings is 1. The smallest absolute Gasteiger partial charge is 0.255 e. The van der Waals surface area contributed by atoms with Crippen LogP contribution in [0, 0.1) is 0 Å². The molecule has 1 amide bonds. The van der Waals surface area contributed by atoms with Crippen LogP contribution in [0.5, 0.6) is 0 Å². The highest BCUT2D eigenvalue weighted by Crippen LogP contribution is 2.18. The van der Waals surface area contributed by atoms with Gasteiger partial charge in [0.25, 0.3) is 5.56 Å². The normalized spacial score (nSPS) is 14.1. The summed E-state index contributed by atoms with van der Waals surface area (Å²) < 4.78 is 0. The molecule has 140 valence electrons. The van der Waals surface area contributed by atoms with Crippen LogP contribution in [-0.4, -0.2) is 58.2 Å². The van der Waals surface area contributed by atoms with Crippen LogP contribution in [0.15, 0.2) is 29.1 Å². The number of rotatable bonds is 3. The SMILES string of the molecule is CN(C)c1nc2c(c(=O)[nH]1)CCN(C(=O)Cc1[nH]nc3ccccc13)CC2. The Morgan fingerprint density at radius 2 is 2.00 bits per heavy atom. The Hall–Kier alpha value is -3.16. The highest BCUT2D eigenvalue weighted by Gasteiger charge is 2.23. The van der Waals surface area contributed by atoms with Crippen molar-refractivity contribution >= 4 is 22.8 Å². The van der Waals surface area contributed by atoms with E-state index in [9.17, 15) is 9.59 Å². The van der Waals surface area contributed by atoms with Gasteiger partial charge in [0.15, 0.2) is 0 Å². The molecule has 1 aliphatic rings. The van der Waals surface area contributed by atoms with Gasteiger partial charge in [-0.15, -0.1) is 0 Å². The molecule has 0 radical (unpaired) electrons. The Bertz CT molecular complexity index is 1050. The molecule has 27 heavy (non-hydrogen) atoms. The van der Waals surface area contributed by atoms with E-state index in [1.807, 2.05) is 43.3 Å². The minimum Gasteiger partial charge on any atom is -0.348 e. The van der Waals surface area contributed by atoms with E-state index in [4.69, 9.17) is 0 Å². The Balaban J connectivity index is 1.52. The molecule has 3 aromatic rings. The Morgan fingerprint density at radius 1 is 1.22 bits per heavy atom. The van der Waals surface area contributed by atoms with Gasteiger partial charge in [0, 0.05) is 44.6 Å². The van der Waals surface area contributed by atoms with Crippen LogP contribution in [-0.2, 0) is 24.1 Å². The molecule has 8 heteroatoms. The number of hydrogen-bond donors (Lipinski definition) is 2. The van der Waals surface area contributed by atoms with E-state index in [1.54, 1.807) is 4.90 Å². The van der Waals surface area contributed by atoms with Gasteiger partial charge in [-0.25, -0.2) is 4.98 Å². The predicted molar refractivity (Wildman–Crippen MR) is 103 cm³/mol. The molecule has 0 saturated heterocycles. The van der Waals surface area contributed by atoms with Gasteiger partial charge in [-0.3, -0.25) is 19.7 Å². The number of carbonyl (C=O) groups is 1. The summed E-state index contributed by atoms with van der Waals surface area (Å²) in [4.78, 5) is 36.2. The quantitative estimate of drug-likeness (QED) is 0.717. The van der Waals surface area contributed by atoms with Crippen LogP contribution in [0.4, 0.5) is 5.95 Å². The van der Waals surface area contributed by atoms with Crippen LogP contribution >= 0.6 is 0 Å². The minimum atomic E-state index is -0.113. The number of nitrogens with one attached hydrogen (secondary N) is 2. The molecule has 4 rings (SSSR count). The molecule has 0 spiro atoms. The third-order valence-corrected chi connectivity index (χ3v) is 4.98. The summed E-state index contributed by atoms with van der Waals surface area (Å²) in [6, 6.07) is 7.75. The van der Waals surface area contributed by atoms with Crippen LogP contribution < -0.4 is 10.5 Å². The van der Waals surface area contributed by atoms with E-state index in [2.05, 4.69) is 20.2 Å². The van der Waals surface area contributed by atoms with E-state index < -0.39 is 0 Å². The zero-order valence-corrected chi connectivity index (χ0v) is 15.5. The van der Waals surface area contributed by atoms with Crippen LogP contribution in [0.3, 0.4) is 0 Å². The number of anilines is 1. The predicted octanol–water partition coefficient (Wildman–Crippen LogP) is 0.882. The summed E-state index contributed by atoms with van der Waals surface area (Å²) in [5.74, 6) is 0.573. The van der Waals surface area contributed by atoms with E-state index in [1.165, 1.54) is 0 Å². The highest BCUT2D eigenvalue weighted by molar-refractivity contribution is 5.87. The van der Waals surface area contributed by atoms with Gasteiger partial charge in [0.2, 0.25) is 11.9 Å². The molecule has 0 bridgehead atoms. The summed E-state index contributed by atoms with van der Waals surface area (Å²) in [7, 11) is 3.68. The van der Waals surface area contributed by atoms with Gasteiger partial charge >= 0.3 is 0 Å². The van der Waals surface area contributed by atoms with E-state index >= 15 is 0 Å². The van der Waals surface area contributed by atoms with Crippen molar-refractivity contribution in [3.63, 3.8) is 0 Å². The van der Waals surface area contributed by atoms with Gasteiger partial charge in [-0.2, -0.15) is 5.10 Å². The third-order valence-electron chi connectivity index (χ3n) is 4.98. The van der Waals surface area contributed by atoms with Crippen molar-refractivity contribution in [2.75, 3.05) is 32.1 Å². The largest absolute Gasteiger partial charge is 0.348 e. The fourth-order valence-electron chi connectivity index (χ4n) is 3.47. The zero-order chi connectivity index (χ0) is 19.0. The lowest BCUT2D eigenvalue weighted by Crippen LogP contribution is -2.34. The number of aromatic amines is 2. The average molecular weight is 366 g/mol. The molecular weight excluding hydrogens is 344 g/mol. The molecule has 2 aromatic heterocycles. The fraction of sp³-hybridized carbons (Fsp3) is 0.368. The summed E-state index contributed by atoms with van der Waals surface area (Å²) in [6.07, 6.45) is 1.36. The third kappa shape index (κ3) is 3.30. The Morgan fingerprint density at radius 3 is 2.81 bits per heavy atom. The van der Waals surface area contributed by atoms with Crippen molar-refractivity contribution in [3.8, 4) is 0 Å². The summed E-state index contributed by atoms with van der Waals surface area (Å²) >= 11 is 0. The molecule has 0 aliphatic carbocycles. The first-order valence-corrected chi connectivity index (χ1v) is 9.02. The maximum absolute atomic E-state index is 12.8. The number of H-pyrrole nitrogens is 2. The zero-order valence-electron chi connectivity index (χ0n) is 15.5. The first-order chi connectivity index (χ1) is 13.0. The molecule has 0 fully saturated rings. The van der Waals surface area contributed by atoms with Crippen LogP contribution in [0.2, 0.25) is 0 Å². The van der Waals surface area contributed by atoms with Gasteiger partial charge in [-0.1, -0.05) is 18.2 Å². The lowest BCUT2D eigenvalue weighted by molar-refractivity contribution is -0.130. The summed E-state index contributed by atoms with van der Waals surface area (Å²) in [5, 5.41) is 8.19. The second-order valence-corrected chi connectivity index (χ2v) is 6.99. The number of hydrogen-bond acceptors (Lipinski definition) is 5. The van der Waals surface area contributed by atoms with Crippen LogP contribution in [0.1, 0.15) is 17.0 Å². The second-order valence-electron chi connectivity index (χ2n) is 6.99. The highest BCUT2D eigenvalue weighted by atomic mass is 16.2. The van der Waals surface area contributed by atoms with Crippen molar-refractivity contribution in [2.45, 2.75) is 19.3 Å². The number of nitrogens with zero attached hydrogens (tertiary/aromatic N) is 4. The average Bonchev–Trinajstić information content (AvgIpc) is 2.92. The van der Waals surface area contributed by atoms with Crippen molar-refractivity contribution in [1.29, 1.82) is 0 Å². The van der Waals surface area contributed by atoms with E-state index in [-0.39, 0.29) is 17.9 Å². The van der Waals surface area contributed by atoms with Crippen molar-refractivity contribution in [2.24, 2.45) is 0 Å². The molecule has 8 nitrogen and oxygen atoms in total. The topological polar surface area (TPSA) is 98.0 Å². The lowest BCUT2D eigenvalue weighted by atomic mass is 10.1. The molecule has 1 aromatic carbocycles. The number of para-hydroxylation sites is 1. The minimum absolute atomic E-state index is 0.0291. The lowest BCUT2D eigenvalue weighted by Gasteiger charge is -2.19. The molecule has 1 aliphatic heterocycles. The molecule has 3 heterocycles.